The number of hydroxylamine groups is 2. The van der Waals surface area contributed by atoms with E-state index < -0.39 is 30.4 Å². The quantitative estimate of drug-likeness (QED) is 0.669. The number of aliphatic hydroxyl groups is 1. The molecule has 0 aliphatic carbocycles. The molecule has 0 radical (unpaired) electrons. The van der Waals surface area contributed by atoms with Crippen LogP contribution in [0.2, 0.25) is 0 Å². The van der Waals surface area contributed by atoms with Gasteiger partial charge < -0.3 is 20.6 Å². The van der Waals surface area contributed by atoms with Crippen molar-refractivity contribution >= 4 is 17.9 Å². The van der Waals surface area contributed by atoms with E-state index in [4.69, 9.17) is 10.6 Å². The molecule has 0 bridgehead atoms. The zero-order chi connectivity index (χ0) is 19.4. The summed E-state index contributed by atoms with van der Waals surface area (Å²) in [6.07, 6.45) is -0.543. The fraction of sp³-hybridized carbons (Fsp3) is 0.500. The van der Waals surface area contributed by atoms with Crippen molar-refractivity contribution in [1.29, 1.82) is 0 Å². The molecule has 0 saturated carbocycles. The monoisotopic (exact) mass is 376 g/mol. The Morgan fingerprint density at radius 3 is 2.70 bits per heavy atom. The summed E-state index contributed by atoms with van der Waals surface area (Å²) in [5, 5.41) is 12.9. The highest BCUT2D eigenvalue weighted by Crippen LogP contribution is 2.19. The van der Waals surface area contributed by atoms with E-state index in [0.29, 0.717) is 24.4 Å². The molecule has 1 aromatic carbocycles. The maximum atomic E-state index is 12.7. The number of nitrogens with zero attached hydrogens (tertiary/aromatic N) is 2. The van der Waals surface area contributed by atoms with Crippen LogP contribution in [0.5, 0.6) is 0 Å². The van der Waals surface area contributed by atoms with Gasteiger partial charge in [-0.3, -0.25) is 14.9 Å². The molecular formula is C18H24N4O5. The maximum absolute atomic E-state index is 12.7. The second-order valence-electron chi connectivity index (χ2n) is 6.75. The average molecular weight is 376 g/mol. The lowest BCUT2D eigenvalue weighted by atomic mass is 10.1. The second-order valence-corrected chi connectivity index (χ2v) is 6.75. The number of amides is 3. The average Bonchev–Trinajstić information content (AvgIpc) is 3.23. The lowest BCUT2D eigenvalue weighted by molar-refractivity contribution is -0.190. The van der Waals surface area contributed by atoms with Crippen LogP contribution >= 0.6 is 0 Å². The van der Waals surface area contributed by atoms with Gasteiger partial charge in [0.25, 0.3) is 5.91 Å². The fourth-order valence-corrected chi connectivity index (χ4v) is 3.36. The number of rotatable bonds is 5. The normalized spacial score (nSPS) is 23.4. The van der Waals surface area contributed by atoms with Crippen LogP contribution in [-0.2, 0) is 20.8 Å². The smallest absolute Gasteiger partial charge is 0.370 e. The number of benzene rings is 1. The number of nitrogens with one attached hydrogen (secondary N) is 1. The predicted molar refractivity (Wildman–Crippen MR) is 94.6 cm³/mol. The summed E-state index contributed by atoms with van der Waals surface area (Å²) in [6.45, 7) is 0.484. The lowest BCUT2D eigenvalue weighted by Crippen LogP contribution is -2.53. The predicted octanol–water partition coefficient (Wildman–Crippen LogP) is 0.0869. The van der Waals surface area contributed by atoms with Crippen molar-refractivity contribution < 1.29 is 24.3 Å². The number of carbonyl (C=O) groups excluding carboxylic acids is 3. The molecule has 3 unspecified atom stereocenters. The third-order valence-corrected chi connectivity index (χ3v) is 4.75. The molecule has 2 saturated heterocycles. The van der Waals surface area contributed by atoms with Gasteiger partial charge in [-0.05, 0) is 24.8 Å². The highest BCUT2D eigenvalue weighted by Gasteiger charge is 2.36. The molecule has 0 spiro atoms. The molecule has 2 aliphatic rings. The van der Waals surface area contributed by atoms with Crippen molar-refractivity contribution in [2.24, 2.45) is 5.73 Å². The van der Waals surface area contributed by atoms with Crippen molar-refractivity contribution in [3.8, 4) is 0 Å². The fourth-order valence-electron chi connectivity index (χ4n) is 3.36. The van der Waals surface area contributed by atoms with Crippen molar-refractivity contribution in [3.05, 3.63) is 35.9 Å². The minimum Gasteiger partial charge on any atom is -0.370 e. The van der Waals surface area contributed by atoms with Gasteiger partial charge in [-0.1, -0.05) is 30.3 Å². The number of hydrogen-bond acceptors (Lipinski definition) is 6. The van der Waals surface area contributed by atoms with E-state index in [1.54, 1.807) is 0 Å². The Balaban J connectivity index is 1.55. The van der Waals surface area contributed by atoms with Crippen LogP contribution in [0.4, 0.5) is 4.79 Å². The number of hydrogen-bond donors (Lipinski definition) is 3. The Hall–Kier alpha value is -2.65. The van der Waals surface area contributed by atoms with Crippen LogP contribution in [0.15, 0.2) is 30.3 Å². The van der Waals surface area contributed by atoms with Gasteiger partial charge in [-0.2, -0.15) is 0 Å². The van der Waals surface area contributed by atoms with Gasteiger partial charge in [0.05, 0.1) is 6.04 Å². The summed E-state index contributed by atoms with van der Waals surface area (Å²) in [5.41, 5.74) is 7.03. The molecule has 2 heterocycles. The van der Waals surface area contributed by atoms with Crippen molar-refractivity contribution in [3.63, 3.8) is 0 Å². The van der Waals surface area contributed by atoms with E-state index in [9.17, 15) is 19.5 Å². The van der Waals surface area contributed by atoms with Gasteiger partial charge in [0, 0.05) is 19.4 Å². The Labute approximate surface area is 157 Å². The molecular weight excluding hydrogens is 352 g/mol. The molecule has 3 atom stereocenters. The summed E-state index contributed by atoms with van der Waals surface area (Å²) in [7, 11) is 0. The molecule has 3 amide bonds. The summed E-state index contributed by atoms with van der Waals surface area (Å²) in [4.78, 5) is 42.8. The highest BCUT2D eigenvalue weighted by atomic mass is 16.7. The lowest BCUT2D eigenvalue weighted by Gasteiger charge is -2.28. The molecule has 9 heteroatoms. The highest BCUT2D eigenvalue weighted by molar-refractivity contribution is 5.83. The molecule has 4 N–H and O–H groups in total. The van der Waals surface area contributed by atoms with Gasteiger partial charge >= 0.3 is 6.09 Å². The Kier molecular flexibility index (Phi) is 5.92. The van der Waals surface area contributed by atoms with E-state index in [2.05, 4.69) is 5.32 Å². The third-order valence-electron chi connectivity index (χ3n) is 4.75. The summed E-state index contributed by atoms with van der Waals surface area (Å²) >= 11 is 0. The van der Waals surface area contributed by atoms with Gasteiger partial charge in [-0.15, -0.1) is 5.06 Å². The van der Waals surface area contributed by atoms with Crippen LogP contribution < -0.4 is 11.1 Å². The number of nitrogens with two attached hydrogens (primary N) is 1. The molecule has 0 aromatic heterocycles. The zero-order valence-corrected chi connectivity index (χ0v) is 14.9. The topological polar surface area (TPSA) is 125 Å². The number of aliphatic hydroxyl groups excluding tert-OH is 1. The van der Waals surface area contributed by atoms with Crippen molar-refractivity contribution in [2.75, 3.05) is 6.54 Å². The molecule has 27 heavy (non-hydrogen) atoms. The van der Waals surface area contributed by atoms with E-state index in [1.165, 1.54) is 4.90 Å². The minimum atomic E-state index is -1.14. The maximum Gasteiger partial charge on any atom is 0.433 e. The van der Waals surface area contributed by atoms with Gasteiger partial charge in [0.1, 0.15) is 6.17 Å². The Morgan fingerprint density at radius 1 is 1.30 bits per heavy atom. The summed E-state index contributed by atoms with van der Waals surface area (Å²) < 4.78 is 0. The van der Waals surface area contributed by atoms with Crippen LogP contribution in [0.3, 0.4) is 0 Å². The van der Waals surface area contributed by atoms with E-state index in [0.717, 1.165) is 12.0 Å². The molecule has 1 aromatic rings. The number of likely N-dealkylation sites (tertiary alicyclic amines) is 1. The number of carbonyl (C=O) groups is 3. The minimum absolute atomic E-state index is 0.122. The molecule has 2 fully saturated rings. The van der Waals surface area contributed by atoms with Crippen LogP contribution in [0, 0.1) is 0 Å². The molecule has 146 valence electrons. The Morgan fingerprint density at radius 2 is 2.04 bits per heavy atom. The first-order valence-corrected chi connectivity index (χ1v) is 9.04. The third kappa shape index (κ3) is 4.55. The van der Waals surface area contributed by atoms with Crippen molar-refractivity contribution in [2.45, 2.75) is 50.5 Å². The Bertz CT molecular complexity index is 698. The largest absolute Gasteiger partial charge is 0.433 e. The van der Waals surface area contributed by atoms with Gasteiger partial charge in [-0.25, -0.2) is 4.79 Å². The van der Waals surface area contributed by atoms with Crippen LogP contribution in [-0.4, -0.2) is 58.0 Å². The zero-order valence-electron chi connectivity index (χ0n) is 14.9. The second kappa shape index (κ2) is 8.36. The SMILES string of the molecule is NC(Cc1ccccc1)C(=O)N1CCCC1NC(=O)ON1C(=O)CCC1O. The molecule has 9 nitrogen and oxygen atoms in total. The molecule has 3 rings (SSSR count). The van der Waals surface area contributed by atoms with Crippen LogP contribution in [0.1, 0.15) is 31.2 Å². The van der Waals surface area contributed by atoms with E-state index in [1.807, 2.05) is 30.3 Å². The van der Waals surface area contributed by atoms with Crippen LogP contribution in [0.25, 0.3) is 0 Å². The first-order chi connectivity index (χ1) is 13.0. The van der Waals surface area contributed by atoms with Gasteiger partial charge in [0.15, 0.2) is 6.23 Å². The summed E-state index contributed by atoms with van der Waals surface area (Å²) in [6, 6.07) is 8.76. The van der Waals surface area contributed by atoms with E-state index >= 15 is 0 Å². The molecule has 2 aliphatic heterocycles. The van der Waals surface area contributed by atoms with Gasteiger partial charge in [0.2, 0.25) is 5.91 Å². The first kappa shape index (κ1) is 19.1. The first-order valence-electron chi connectivity index (χ1n) is 9.04. The summed E-state index contributed by atoms with van der Waals surface area (Å²) in [5.74, 6) is -0.708. The van der Waals surface area contributed by atoms with Crippen molar-refractivity contribution in [1.82, 2.24) is 15.3 Å². The van der Waals surface area contributed by atoms with E-state index in [-0.39, 0.29) is 18.7 Å². The standard InChI is InChI=1S/C18H24N4O5/c19-13(11-12-5-2-1-3-6-12)17(25)21-10-4-7-14(21)20-18(26)27-22-15(23)8-9-16(22)24/h1-3,5-6,13-15,23H,4,7-11,19H2,(H,20,26).